The van der Waals surface area contributed by atoms with Crippen LogP contribution in [0.2, 0.25) is 0 Å². The zero-order valence-corrected chi connectivity index (χ0v) is 16.4. The van der Waals surface area contributed by atoms with E-state index in [4.69, 9.17) is 0 Å². The Morgan fingerprint density at radius 1 is 1.00 bits per heavy atom. The molecule has 144 valence electrons. The number of rotatable bonds is 5. The number of carbonyl (C=O) groups excluding carboxylic acids is 1. The van der Waals surface area contributed by atoms with Crippen LogP contribution in [0.15, 0.2) is 71.8 Å². The van der Waals surface area contributed by atoms with Gasteiger partial charge >= 0.3 is 0 Å². The van der Waals surface area contributed by atoms with Crippen LogP contribution in [0.5, 0.6) is 0 Å². The lowest BCUT2D eigenvalue weighted by molar-refractivity contribution is 0.103. The molecule has 0 amide bonds. The Hall–Kier alpha value is -3.60. The normalized spacial score (nSPS) is 11.0. The van der Waals surface area contributed by atoms with Crippen molar-refractivity contribution in [3.8, 4) is 0 Å². The van der Waals surface area contributed by atoms with E-state index in [0.29, 0.717) is 17.5 Å². The van der Waals surface area contributed by atoms with Gasteiger partial charge in [-0.25, -0.2) is 0 Å². The topological polar surface area (TPSA) is 64.8 Å². The first kappa shape index (κ1) is 18.7. The molecule has 5 heteroatoms. The van der Waals surface area contributed by atoms with Gasteiger partial charge in [0.2, 0.25) is 5.43 Å². The average Bonchev–Trinajstić information content (AvgIpc) is 2.75. The van der Waals surface area contributed by atoms with E-state index >= 15 is 0 Å². The number of nitrogens with zero attached hydrogens (tertiary/aromatic N) is 3. The van der Waals surface area contributed by atoms with E-state index in [-0.39, 0.29) is 16.8 Å². The first-order valence-corrected chi connectivity index (χ1v) is 9.61. The van der Waals surface area contributed by atoms with Crippen LogP contribution in [0.25, 0.3) is 10.9 Å². The van der Waals surface area contributed by atoms with Gasteiger partial charge in [0, 0.05) is 34.7 Å². The van der Waals surface area contributed by atoms with Gasteiger partial charge in [-0.3, -0.25) is 19.6 Å². The van der Waals surface area contributed by atoms with Gasteiger partial charge in [-0.1, -0.05) is 25.1 Å². The fourth-order valence-electron chi connectivity index (χ4n) is 3.42. The molecule has 4 rings (SSSR count). The molecule has 0 atom stereocenters. The van der Waals surface area contributed by atoms with Gasteiger partial charge in [-0.15, -0.1) is 0 Å². The van der Waals surface area contributed by atoms with Crippen molar-refractivity contribution < 1.29 is 4.79 Å². The molecule has 3 heterocycles. The molecule has 0 saturated heterocycles. The SMILES string of the molecule is CCc1ccc(C(=O)c2cn(Cc3cccc(C)n3)c3ccccc3c2=O)cn1. The highest BCUT2D eigenvalue weighted by Gasteiger charge is 2.17. The largest absolute Gasteiger partial charge is 0.340 e. The summed E-state index contributed by atoms with van der Waals surface area (Å²) in [5.74, 6) is -0.318. The maximum Gasteiger partial charge on any atom is 0.200 e. The van der Waals surface area contributed by atoms with Gasteiger partial charge in [0.05, 0.1) is 23.3 Å². The van der Waals surface area contributed by atoms with Crippen molar-refractivity contribution in [1.29, 1.82) is 0 Å². The Kier molecular flexibility index (Phi) is 5.04. The lowest BCUT2D eigenvalue weighted by Gasteiger charge is -2.13. The van der Waals surface area contributed by atoms with E-state index in [0.717, 1.165) is 29.0 Å². The summed E-state index contributed by atoms with van der Waals surface area (Å²) in [6.45, 7) is 4.41. The Morgan fingerprint density at radius 2 is 1.83 bits per heavy atom. The second-order valence-electron chi connectivity index (χ2n) is 7.01. The molecular weight excluding hydrogens is 362 g/mol. The first-order valence-electron chi connectivity index (χ1n) is 9.61. The third-order valence-corrected chi connectivity index (χ3v) is 4.96. The Balaban J connectivity index is 1.84. The molecule has 3 aromatic heterocycles. The predicted molar refractivity (Wildman–Crippen MR) is 113 cm³/mol. The molecule has 0 aliphatic heterocycles. The molecule has 5 nitrogen and oxygen atoms in total. The number of fused-ring (bicyclic) bond motifs is 1. The standard InChI is InChI=1S/C24H21N3O2/c1-3-18-12-11-17(13-25-18)23(28)21-15-27(14-19-8-6-7-16(2)26-19)22-10-5-4-9-20(22)24(21)29/h4-13,15H,3,14H2,1-2H3. The van der Waals surface area contributed by atoms with Crippen molar-refractivity contribution in [1.82, 2.24) is 14.5 Å². The molecule has 0 fully saturated rings. The average molecular weight is 383 g/mol. The summed E-state index contributed by atoms with van der Waals surface area (Å²) >= 11 is 0. The highest BCUT2D eigenvalue weighted by molar-refractivity contribution is 6.09. The zero-order chi connectivity index (χ0) is 20.4. The van der Waals surface area contributed by atoms with E-state index in [1.54, 1.807) is 24.5 Å². The third-order valence-electron chi connectivity index (χ3n) is 4.96. The quantitative estimate of drug-likeness (QED) is 0.490. The summed E-state index contributed by atoms with van der Waals surface area (Å²) < 4.78 is 1.92. The van der Waals surface area contributed by atoms with Gasteiger partial charge in [0.25, 0.3) is 0 Å². The lowest BCUT2D eigenvalue weighted by atomic mass is 10.0. The summed E-state index contributed by atoms with van der Waals surface area (Å²) in [4.78, 5) is 35.0. The van der Waals surface area contributed by atoms with E-state index < -0.39 is 0 Å². The van der Waals surface area contributed by atoms with Gasteiger partial charge in [0.1, 0.15) is 0 Å². The monoisotopic (exact) mass is 383 g/mol. The van der Waals surface area contributed by atoms with Crippen molar-refractivity contribution in [3.63, 3.8) is 0 Å². The number of carbonyl (C=O) groups is 1. The van der Waals surface area contributed by atoms with Crippen LogP contribution in [-0.2, 0) is 13.0 Å². The highest BCUT2D eigenvalue weighted by Crippen LogP contribution is 2.16. The van der Waals surface area contributed by atoms with Crippen LogP contribution in [0, 0.1) is 6.92 Å². The van der Waals surface area contributed by atoms with E-state index in [1.165, 1.54) is 0 Å². The lowest BCUT2D eigenvalue weighted by Crippen LogP contribution is -2.20. The number of para-hydroxylation sites is 1. The van der Waals surface area contributed by atoms with Gasteiger partial charge in [-0.2, -0.15) is 0 Å². The molecule has 29 heavy (non-hydrogen) atoms. The van der Waals surface area contributed by atoms with Crippen molar-refractivity contribution >= 4 is 16.7 Å². The fraction of sp³-hybridized carbons (Fsp3) is 0.167. The Morgan fingerprint density at radius 3 is 2.55 bits per heavy atom. The Labute approximate surface area is 168 Å². The third kappa shape index (κ3) is 3.72. The van der Waals surface area contributed by atoms with Crippen molar-refractivity contribution in [3.05, 3.63) is 105 Å². The molecule has 1 aromatic carbocycles. The number of hydrogen-bond acceptors (Lipinski definition) is 4. The van der Waals surface area contributed by atoms with Crippen molar-refractivity contribution in [2.45, 2.75) is 26.8 Å². The highest BCUT2D eigenvalue weighted by atomic mass is 16.1. The van der Waals surface area contributed by atoms with Crippen LogP contribution in [-0.4, -0.2) is 20.3 Å². The molecule has 0 radical (unpaired) electrons. The summed E-state index contributed by atoms with van der Waals surface area (Å²) in [5, 5.41) is 0.518. The Bertz CT molecular complexity index is 1260. The molecule has 0 aliphatic carbocycles. The summed E-state index contributed by atoms with van der Waals surface area (Å²) in [6.07, 6.45) is 3.98. The molecule has 0 aliphatic rings. The van der Waals surface area contributed by atoms with Gasteiger partial charge in [-0.05, 0) is 49.7 Å². The smallest absolute Gasteiger partial charge is 0.200 e. The molecular formula is C24H21N3O2. The minimum atomic E-state index is -0.318. The number of ketones is 1. The molecule has 0 unspecified atom stereocenters. The maximum atomic E-state index is 13.1. The number of hydrogen-bond donors (Lipinski definition) is 0. The van der Waals surface area contributed by atoms with Crippen molar-refractivity contribution in [2.24, 2.45) is 0 Å². The number of benzene rings is 1. The van der Waals surface area contributed by atoms with Crippen LogP contribution in [0.4, 0.5) is 0 Å². The second kappa shape index (κ2) is 7.80. The molecule has 0 bridgehead atoms. The van der Waals surface area contributed by atoms with E-state index in [2.05, 4.69) is 9.97 Å². The predicted octanol–water partition coefficient (Wildman–Crippen LogP) is 3.94. The zero-order valence-electron chi connectivity index (χ0n) is 16.4. The van der Waals surface area contributed by atoms with Crippen LogP contribution in [0.3, 0.4) is 0 Å². The van der Waals surface area contributed by atoms with Crippen molar-refractivity contribution in [2.75, 3.05) is 0 Å². The van der Waals surface area contributed by atoms with E-state index in [1.807, 2.05) is 60.9 Å². The molecule has 0 spiro atoms. The van der Waals surface area contributed by atoms with Gasteiger partial charge in [0.15, 0.2) is 5.78 Å². The first-order chi connectivity index (χ1) is 14.1. The number of aromatic nitrogens is 3. The summed E-state index contributed by atoms with van der Waals surface area (Å²) in [5.41, 5.74) is 3.76. The summed E-state index contributed by atoms with van der Waals surface area (Å²) in [6, 6.07) is 16.7. The van der Waals surface area contributed by atoms with Crippen LogP contribution in [0.1, 0.15) is 39.9 Å². The molecule has 0 saturated carbocycles. The van der Waals surface area contributed by atoms with Crippen LogP contribution < -0.4 is 5.43 Å². The minimum Gasteiger partial charge on any atom is -0.340 e. The van der Waals surface area contributed by atoms with Crippen LogP contribution >= 0.6 is 0 Å². The second-order valence-corrected chi connectivity index (χ2v) is 7.01. The minimum absolute atomic E-state index is 0.141. The van der Waals surface area contributed by atoms with E-state index in [9.17, 15) is 9.59 Å². The fourth-order valence-corrected chi connectivity index (χ4v) is 3.42. The molecule has 4 aromatic rings. The summed E-state index contributed by atoms with van der Waals surface area (Å²) in [7, 11) is 0. The maximum absolute atomic E-state index is 13.1. The molecule has 0 N–H and O–H groups in total. The number of pyridine rings is 3. The number of aryl methyl sites for hydroxylation is 2. The van der Waals surface area contributed by atoms with Gasteiger partial charge < -0.3 is 4.57 Å².